The average molecular weight is 290 g/mol. The second-order valence-electron chi connectivity index (χ2n) is 4.97. The van der Waals surface area contributed by atoms with Gasteiger partial charge in [0.2, 0.25) is 5.91 Å². The molecule has 0 bridgehead atoms. The van der Waals surface area contributed by atoms with Gasteiger partial charge in [-0.15, -0.1) is 0 Å². The highest BCUT2D eigenvalue weighted by Gasteiger charge is 2.43. The number of nitrogens with one attached hydrogen (secondary N) is 1. The maximum Gasteiger partial charge on any atom is 0.228 e. The molecule has 2 nitrogen and oxygen atoms in total. The molecule has 2 aromatic carbocycles. The van der Waals surface area contributed by atoms with Crippen molar-refractivity contribution in [1.29, 1.82) is 0 Å². The lowest BCUT2D eigenvalue weighted by Crippen LogP contribution is -2.15. The normalized spacial score (nSPS) is 20.5. The molecule has 102 valence electrons. The van der Waals surface area contributed by atoms with Crippen LogP contribution in [0.3, 0.4) is 0 Å². The van der Waals surface area contributed by atoms with E-state index < -0.39 is 5.82 Å². The third kappa shape index (κ3) is 2.68. The molecular formula is C16H13ClFNO. The number of halogens is 2. The number of rotatable bonds is 3. The van der Waals surface area contributed by atoms with Gasteiger partial charge in [0.1, 0.15) is 5.82 Å². The summed E-state index contributed by atoms with van der Waals surface area (Å²) < 4.78 is 13.6. The van der Waals surface area contributed by atoms with Gasteiger partial charge in [0.05, 0.1) is 5.69 Å². The molecule has 0 spiro atoms. The average Bonchev–Trinajstić information content (AvgIpc) is 3.23. The molecule has 1 fully saturated rings. The minimum Gasteiger partial charge on any atom is -0.323 e. The number of amides is 1. The largest absolute Gasteiger partial charge is 0.323 e. The summed E-state index contributed by atoms with van der Waals surface area (Å²) in [5.74, 6) is -0.484. The van der Waals surface area contributed by atoms with E-state index in [1.54, 1.807) is 6.07 Å². The predicted octanol–water partition coefficient (Wildman–Crippen LogP) is 4.22. The van der Waals surface area contributed by atoms with E-state index in [1.165, 1.54) is 12.1 Å². The highest BCUT2D eigenvalue weighted by Crippen LogP contribution is 2.47. The molecule has 0 aromatic heterocycles. The van der Waals surface area contributed by atoms with Crippen LogP contribution in [0, 0.1) is 11.7 Å². The predicted molar refractivity (Wildman–Crippen MR) is 77.3 cm³/mol. The molecule has 1 N–H and O–H groups in total. The lowest BCUT2D eigenvalue weighted by atomic mass is 10.1. The SMILES string of the molecule is O=C(Nc1ccc(Cl)cc1F)[C@H]1C[C@@H]1c1ccccc1. The lowest BCUT2D eigenvalue weighted by molar-refractivity contribution is -0.117. The van der Waals surface area contributed by atoms with E-state index in [9.17, 15) is 9.18 Å². The lowest BCUT2D eigenvalue weighted by Gasteiger charge is -2.06. The molecule has 0 heterocycles. The smallest absolute Gasteiger partial charge is 0.228 e. The first-order valence-corrected chi connectivity index (χ1v) is 6.84. The zero-order valence-corrected chi connectivity index (χ0v) is 11.4. The Morgan fingerprint density at radius 2 is 1.95 bits per heavy atom. The molecule has 2 atom stereocenters. The van der Waals surface area contributed by atoms with Crippen molar-refractivity contribution in [2.75, 3.05) is 5.32 Å². The van der Waals surface area contributed by atoms with Gasteiger partial charge in [-0.2, -0.15) is 0 Å². The van der Waals surface area contributed by atoms with Gasteiger partial charge >= 0.3 is 0 Å². The fourth-order valence-corrected chi connectivity index (χ4v) is 2.53. The minimum absolute atomic E-state index is 0.0764. The van der Waals surface area contributed by atoms with E-state index in [0.29, 0.717) is 5.02 Å². The van der Waals surface area contributed by atoms with Gasteiger partial charge in [-0.05, 0) is 36.1 Å². The fraction of sp³-hybridized carbons (Fsp3) is 0.188. The number of anilines is 1. The molecule has 0 radical (unpaired) electrons. The summed E-state index contributed by atoms with van der Waals surface area (Å²) in [5.41, 5.74) is 1.34. The Balaban J connectivity index is 1.67. The van der Waals surface area contributed by atoms with Crippen molar-refractivity contribution in [2.45, 2.75) is 12.3 Å². The Kier molecular flexibility index (Phi) is 3.45. The monoisotopic (exact) mass is 289 g/mol. The van der Waals surface area contributed by atoms with Crippen molar-refractivity contribution < 1.29 is 9.18 Å². The van der Waals surface area contributed by atoms with Crippen LogP contribution in [0.2, 0.25) is 5.02 Å². The first-order chi connectivity index (χ1) is 9.65. The van der Waals surface area contributed by atoms with Gasteiger partial charge in [0.25, 0.3) is 0 Å². The van der Waals surface area contributed by atoms with Crippen LogP contribution in [-0.2, 0) is 4.79 Å². The zero-order valence-electron chi connectivity index (χ0n) is 10.6. The van der Waals surface area contributed by atoms with Crippen molar-refractivity contribution in [1.82, 2.24) is 0 Å². The number of carbonyl (C=O) groups excluding carboxylic acids is 1. The second-order valence-corrected chi connectivity index (χ2v) is 5.41. The van der Waals surface area contributed by atoms with Gasteiger partial charge in [0.15, 0.2) is 0 Å². The quantitative estimate of drug-likeness (QED) is 0.900. The summed E-state index contributed by atoms with van der Waals surface area (Å²) in [5, 5.41) is 2.94. The standard InChI is InChI=1S/C16H13ClFNO/c17-11-6-7-15(14(18)8-11)19-16(20)13-9-12(13)10-4-2-1-3-5-10/h1-8,12-13H,9H2,(H,19,20)/t12-,13+/m1/s1. The van der Waals surface area contributed by atoms with Gasteiger partial charge in [0, 0.05) is 10.9 Å². The van der Waals surface area contributed by atoms with Gasteiger partial charge in [-0.1, -0.05) is 41.9 Å². The summed E-state index contributed by atoms with van der Waals surface area (Å²) in [7, 11) is 0. The molecule has 0 unspecified atom stereocenters. The van der Waals surface area contributed by atoms with Gasteiger partial charge < -0.3 is 5.32 Å². The topological polar surface area (TPSA) is 29.1 Å². The van der Waals surface area contributed by atoms with Crippen LogP contribution in [0.4, 0.5) is 10.1 Å². The maximum absolute atomic E-state index is 13.6. The molecule has 4 heteroatoms. The molecule has 1 aliphatic carbocycles. The van der Waals surface area contributed by atoms with E-state index in [2.05, 4.69) is 5.32 Å². The van der Waals surface area contributed by atoms with E-state index in [-0.39, 0.29) is 23.4 Å². The Morgan fingerprint density at radius 3 is 2.65 bits per heavy atom. The summed E-state index contributed by atoms with van der Waals surface area (Å²) >= 11 is 5.68. The molecule has 0 aliphatic heterocycles. The molecule has 3 rings (SSSR count). The van der Waals surface area contributed by atoms with E-state index >= 15 is 0 Å². The zero-order chi connectivity index (χ0) is 14.1. The molecule has 1 saturated carbocycles. The van der Waals surface area contributed by atoms with Crippen molar-refractivity contribution in [3.63, 3.8) is 0 Å². The van der Waals surface area contributed by atoms with Crippen LogP contribution < -0.4 is 5.32 Å². The van der Waals surface area contributed by atoms with Crippen LogP contribution in [0.15, 0.2) is 48.5 Å². The summed E-state index contributed by atoms with van der Waals surface area (Å²) in [6.07, 6.45) is 0.811. The van der Waals surface area contributed by atoms with Crippen molar-refractivity contribution in [3.05, 3.63) is 64.9 Å². The first kappa shape index (κ1) is 13.1. The number of benzene rings is 2. The van der Waals surface area contributed by atoms with Crippen molar-refractivity contribution >= 4 is 23.2 Å². The van der Waals surface area contributed by atoms with E-state index in [1.807, 2.05) is 30.3 Å². The molecule has 1 aliphatic rings. The summed E-state index contributed by atoms with van der Waals surface area (Å²) in [4.78, 5) is 12.1. The number of hydrogen-bond donors (Lipinski definition) is 1. The Bertz CT molecular complexity index is 644. The summed E-state index contributed by atoms with van der Waals surface area (Å²) in [6, 6.07) is 14.1. The van der Waals surface area contributed by atoms with Crippen LogP contribution in [0.25, 0.3) is 0 Å². The van der Waals surface area contributed by atoms with Crippen molar-refractivity contribution in [2.24, 2.45) is 5.92 Å². The Labute approximate surface area is 121 Å². The number of hydrogen-bond acceptors (Lipinski definition) is 1. The Morgan fingerprint density at radius 1 is 1.20 bits per heavy atom. The Hall–Kier alpha value is -1.87. The third-order valence-corrected chi connectivity index (χ3v) is 3.78. The van der Waals surface area contributed by atoms with Crippen LogP contribution >= 0.6 is 11.6 Å². The highest BCUT2D eigenvalue weighted by atomic mass is 35.5. The van der Waals surface area contributed by atoms with Crippen LogP contribution in [-0.4, -0.2) is 5.91 Å². The van der Waals surface area contributed by atoms with Crippen LogP contribution in [0.5, 0.6) is 0 Å². The van der Waals surface area contributed by atoms with E-state index in [0.717, 1.165) is 12.0 Å². The molecule has 2 aromatic rings. The van der Waals surface area contributed by atoms with Gasteiger partial charge in [-0.3, -0.25) is 4.79 Å². The molecule has 1 amide bonds. The fourth-order valence-electron chi connectivity index (χ4n) is 2.37. The maximum atomic E-state index is 13.6. The van der Waals surface area contributed by atoms with Crippen LogP contribution in [0.1, 0.15) is 17.9 Å². The first-order valence-electron chi connectivity index (χ1n) is 6.46. The van der Waals surface area contributed by atoms with Gasteiger partial charge in [-0.25, -0.2) is 4.39 Å². The van der Waals surface area contributed by atoms with Crippen molar-refractivity contribution in [3.8, 4) is 0 Å². The van der Waals surface area contributed by atoms with E-state index in [4.69, 9.17) is 11.6 Å². The number of carbonyl (C=O) groups is 1. The molecular weight excluding hydrogens is 277 g/mol. The minimum atomic E-state index is -0.511. The molecule has 0 saturated heterocycles. The molecule has 20 heavy (non-hydrogen) atoms. The summed E-state index contributed by atoms with van der Waals surface area (Å²) in [6.45, 7) is 0. The third-order valence-electron chi connectivity index (χ3n) is 3.54. The highest BCUT2D eigenvalue weighted by molar-refractivity contribution is 6.30. The second kappa shape index (κ2) is 5.25.